The van der Waals surface area contributed by atoms with Gasteiger partial charge in [0.05, 0.1) is 0 Å². The van der Waals surface area contributed by atoms with Gasteiger partial charge in [0.25, 0.3) is 0 Å². The number of allylic oxidation sites excluding steroid dienone is 1. The Hall–Kier alpha value is -2.10. The van der Waals surface area contributed by atoms with Gasteiger partial charge in [0.2, 0.25) is 11.8 Å². The predicted octanol–water partition coefficient (Wildman–Crippen LogP) is 4.06. The van der Waals surface area contributed by atoms with E-state index in [1.165, 1.54) is 24.0 Å². The van der Waals surface area contributed by atoms with Gasteiger partial charge in [-0.3, -0.25) is 9.59 Å². The molecule has 1 spiro atoms. The van der Waals surface area contributed by atoms with Crippen LogP contribution in [0.4, 0.5) is 0 Å². The first kappa shape index (κ1) is 18.3. The largest absolute Gasteiger partial charge is 0.342 e. The van der Waals surface area contributed by atoms with Crippen molar-refractivity contribution >= 4 is 11.8 Å². The second kappa shape index (κ2) is 7.87. The smallest absolute Gasteiger partial charge is 0.226 e. The molecule has 0 N–H and O–H groups in total. The van der Waals surface area contributed by atoms with Gasteiger partial charge in [-0.25, -0.2) is 0 Å². The van der Waals surface area contributed by atoms with Crippen LogP contribution in [0.3, 0.4) is 0 Å². The molecule has 3 aliphatic rings. The van der Waals surface area contributed by atoms with E-state index >= 15 is 0 Å². The maximum absolute atomic E-state index is 12.7. The van der Waals surface area contributed by atoms with Crippen molar-refractivity contribution in [1.29, 1.82) is 0 Å². The van der Waals surface area contributed by atoms with E-state index in [4.69, 9.17) is 0 Å². The molecule has 2 fully saturated rings. The summed E-state index contributed by atoms with van der Waals surface area (Å²) in [6.45, 7) is 2.26. The van der Waals surface area contributed by atoms with Gasteiger partial charge in [-0.15, -0.1) is 0 Å². The summed E-state index contributed by atoms with van der Waals surface area (Å²) in [5.41, 5.74) is 2.47. The number of hydrogen-bond acceptors (Lipinski definition) is 2. The SMILES string of the molecule is O=C(CC1=CCCCC1)N1CCC2(CCC(=O)N2Cc2ccccc2)CC1. The van der Waals surface area contributed by atoms with Crippen LogP contribution >= 0.6 is 0 Å². The highest BCUT2D eigenvalue weighted by Gasteiger charge is 2.47. The van der Waals surface area contributed by atoms with Crippen LogP contribution in [-0.2, 0) is 16.1 Å². The number of piperidine rings is 1. The molecule has 0 unspecified atom stereocenters. The monoisotopic (exact) mass is 366 g/mol. The van der Waals surface area contributed by atoms with Gasteiger partial charge in [0.15, 0.2) is 0 Å². The van der Waals surface area contributed by atoms with Crippen LogP contribution in [0.5, 0.6) is 0 Å². The van der Waals surface area contributed by atoms with Crippen LogP contribution in [0.1, 0.15) is 63.4 Å². The van der Waals surface area contributed by atoms with Gasteiger partial charge in [0, 0.05) is 38.0 Å². The summed E-state index contributed by atoms with van der Waals surface area (Å²) in [4.78, 5) is 29.4. The van der Waals surface area contributed by atoms with E-state index in [1.807, 2.05) is 23.1 Å². The van der Waals surface area contributed by atoms with Gasteiger partial charge in [-0.05, 0) is 50.5 Å². The predicted molar refractivity (Wildman–Crippen MR) is 106 cm³/mol. The van der Waals surface area contributed by atoms with Gasteiger partial charge >= 0.3 is 0 Å². The average molecular weight is 367 g/mol. The molecule has 0 atom stereocenters. The molecule has 1 aromatic rings. The molecule has 0 aromatic heterocycles. The molecule has 4 rings (SSSR count). The molecule has 2 heterocycles. The Kier molecular flexibility index (Phi) is 5.33. The van der Waals surface area contributed by atoms with Crippen LogP contribution in [0.2, 0.25) is 0 Å². The average Bonchev–Trinajstić information content (AvgIpc) is 3.00. The van der Waals surface area contributed by atoms with Gasteiger partial charge < -0.3 is 9.80 Å². The van der Waals surface area contributed by atoms with Crippen LogP contribution in [-0.4, -0.2) is 40.2 Å². The molecule has 2 saturated heterocycles. The zero-order chi connectivity index (χ0) is 18.7. The van der Waals surface area contributed by atoms with E-state index in [0.717, 1.165) is 45.2 Å². The van der Waals surface area contributed by atoms with Crippen molar-refractivity contribution in [2.45, 2.75) is 69.9 Å². The van der Waals surface area contributed by atoms with E-state index in [1.54, 1.807) is 0 Å². The Morgan fingerprint density at radius 2 is 1.78 bits per heavy atom. The van der Waals surface area contributed by atoms with E-state index in [2.05, 4.69) is 23.1 Å². The Bertz CT molecular complexity index is 717. The van der Waals surface area contributed by atoms with Gasteiger partial charge in [-0.2, -0.15) is 0 Å². The molecule has 0 radical (unpaired) electrons. The lowest BCUT2D eigenvalue weighted by molar-refractivity contribution is -0.136. The summed E-state index contributed by atoms with van der Waals surface area (Å²) < 4.78 is 0. The number of likely N-dealkylation sites (tertiary alicyclic amines) is 2. The quantitative estimate of drug-likeness (QED) is 0.754. The van der Waals surface area contributed by atoms with Crippen LogP contribution in [0.25, 0.3) is 0 Å². The highest BCUT2D eigenvalue weighted by Crippen LogP contribution is 2.40. The maximum Gasteiger partial charge on any atom is 0.226 e. The molecule has 27 heavy (non-hydrogen) atoms. The molecule has 1 aliphatic carbocycles. The second-order valence-electron chi connectivity index (χ2n) is 8.36. The number of rotatable bonds is 4. The summed E-state index contributed by atoms with van der Waals surface area (Å²) in [6, 6.07) is 10.3. The number of benzene rings is 1. The molecular weight excluding hydrogens is 336 g/mol. The molecule has 2 aliphatic heterocycles. The number of amides is 2. The summed E-state index contributed by atoms with van der Waals surface area (Å²) in [7, 11) is 0. The fraction of sp³-hybridized carbons (Fsp3) is 0.565. The Morgan fingerprint density at radius 3 is 2.48 bits per heavy atom. The summed E-state index contributed by atoms with van der Waals surface area (Å²) >= 11 is 0. The lowest BCUT2D eigenvalue weighted by Crippen LogP contribution is -2.53. The van der Waals surface area contributed by atoms with Crippen molar-refractivity contribution in [3.63, 3.8) is 0 Å². The lowest BCUT2D eigenvalue weighted by Gasteiger charge is -2.45. The minimum atomic E-state index is -0.0478. The van der Waals surface area contributed by atoms with E-state index in [0.29, 0.717) is 19.4 Å². The highest BCUT2D eigenvalue weighted by atomic mass is 16.2. The third-order valence-electron chi connectivity index (χ3n) is 6.67. The first-order chi connectivity index (χ1) is 13.2. The van der Waals surface area contributed by atoms with Crippen molar-refractivity contribution in [3.05, 3.63) is 47.5 Å². The van der Waals surface area contributed by atoms with Crippen molar-refractivity contribution in [2.24, 2.45) is 0 Å². The van der Waals surface area contributed by atoms with Crippen molar-refractivity contribution in [1.82, 2.24) is 9.80 Å². The Labute approximate surface area is 162 Å². The fourth-order valence-electron chi connectivity index (χ4n) is 4.96. The molecule has 4 nitrogen and oxygen atoms in total. The Balaban J connectivity index is 1.38. The van der Waals surface area contributed by atoms with Crippen LogP contribution in [0, 0.1) is 0 Å². The first-order valence-corrected chi connectivity index (χ1v) is 10.5. The maximum atomic E-state index is 12.7. The van der Waals surface area contributed by atoms with E-state index in [-0.39, 0.29) is 17.4 Å². The van der Waals surface area contributed by atoms with Crippen LogP contribution < -0.4 is 0 Å². The van der Waals surface area contributed by atoms with Crippen molar-refractivity contribution < 1.29 is 9.59 Å². The van der Waals surface area contributed by atoms with E-state index in [9.17, 15) is 9.59 Å². The number of nitrogens with zero attached hydrogens (tertiary/aromatic N) is 2. The molecule has 1 aromatic carbocycles. The minimum Gasteiger partial charge on any atom is -0.342 e. The second-order valence-corrected chi connectivity index (χ2v) is 8.36. The summed E-state index contributed by atoms with van der Waals surface area (Å²) in [6.07, 6.45) is 11.0. The highest BCUT2D eigenvalue weighted by molar-refractivity contribution is 5.81. The Morgan fingerprint density at radius 1 is 1.00 bits per heavy atom. The number of carbonyl (C=O) groups is 2. The molecular formula is C23H30N2O2. The number of carbonyl (C=O) groups excluding carboxylic acids is 2. The summed E-state index contributed by atoms with van der Waals surface area (Å²) in [5.74, 6) is 0.544. The van der Waals surface area contributed by atoms with Crippen molar-refractivity contribution in [3.8, 4) is 0 Å². The first-order valence-electron chi connectivity index (χ1n) is 10.5. The molecule has 0 saturated carbocycles. The fourth-order valence-corrected chi connectivity index (χ4v) is 4.96. The van der Waals surface area contributed by atoms with Gasteiger partial charge in [-0.1, -0.05) is 42.0 Å². The molecule has 4 heteroatoms. The molecule has 144 valence electrons. The standard InChI is InChI=1S/C23H30N2O2/c26-21-11-12-23(25(21)18-20-9-5-2-6-10-20)13-15-24(16-14-23)22(27)17-19-7-3-1-4-8-19/h2,5-7,9-10H,1,3-4,8,11-18H2. The molecule has 2 amide bonds. The molecule has 0 bridgehead atoms. The third-order valence-corrected chi connectivity index (χ3v) is 6.67. The normalized spacial score (nSPS) is 22.2. The van der Waals surface area contributed by atoms with Gasteiger partial charge in [0.1, 0.15) is 0 Å². The minimum absolute atomic E-state index is 0.0478. The third kappa shape index (κ3) is 3.95. The number of hydrogen-bond donors (Lipinski definition) is 0. The van der Waals surface area contributed by atoms with Crippen LogP contribution in [0.15, 0.2) is 42.0 Å². The zero-order valence-corrected chi connectivity index (χ0v) is 16.2. The van der Waals surface area contributed by atoms with Crippen molar-refractivity contribution in [2.75, 3.05) is 13.1 Å². The zero-order valence-electron chi connectivity index (χ0n) is 16.2. The summed E-state index contributed by atoms with van der Waals surface area (Å²) in [5, 5.41) is 0. The lowest BCUT2D eigenvalue weighted by atomic mass is 9.84. The topological polar surface area (TPSA) is 40.6 Å². The van der Waals surface area contributed by atoms with E-state index < -0.39 is 0 Å².